The summed E-state index contributed by atoms with van der Waals surface area (Å²) in [5.74, 6) is 0.617. The van der Waals surface area contributed by atoms with Gasteiger partial charge in [0.2, 0.25) is 0 Å². The standard InChI is InChI=1S/C24H26ClN2O4PS/c1-16-12-19(18-10-8-17(15-28)9-11-18)13-23(26-32(29,30-2)31-3)27(16)14-22-24(25)20-6-4-5-7-21(20)33-22/h4-12,16,28H,13-15H2,1-3H3/b26-23-. The Hall–Kier alpha value is -1.99. The fraction of sp³-hybridized carbons (Fsp3) is 0.292. The number of hydrogen-bond acceptors (Lipinski definition) is 5. The van der Waals surface area contributed by atoms with Crippen molar-refractivity contribution in [3.63, 3.8) is 0 Å². The van der Waals surface area contributed by atoms with Crippen LogP contribution >= 0.6 is 30.7 Å². The first kappa shape index (κ1) is 24.1. The van der Waals surface area contributed by atoms with Crippen LogP contribution in [-0.4, -0.2) is 36.1 Å². The number of rotatable bonds is 7. The first-order valence-corrected chi connectivity index (χ1v) is 13.2. The lowest BCUT2D eigenvalue weighted by atomic mass is 9.94. The number of amidine groups is 1. The van der Waals surface area contributed by atoms with Crippen molar-refractivity contribution in [2.75, 3.05) is 14.2 Å². The van der Waals surface area contributed by atoms with Crippen LogP contribution in [0.25, 0.3) is 15.7 Å². The molecule has 4 rings (SSSR count). The average Bonchev–Trinajstić information content (AvgIpc) is 3.16. The summed E-state index contributed by atoms with van der Waals surface area (Å²) in [7, 11) is -0.970. The van der Waals surface area contributed by atoms with Crippen LogP contribution in [0.15, 0.2) is 59.4 Å². The van der Waals surface area contributed by atoms with Gasteiger partial charge in [-0.3, -0.25) is 9.05 Å². The SMILES string of the molecule is COP(=O)(/N=C1/CC(c2ccc(CO)cc2)=CC(C)N1Cc1sc2ccccc2c1Cl)OC. The minimum absolute atomic E-state index is 0.00297. The summed E-state index contributed by atoms with van der Waals surface area (Å²) < 4.78 is 28.7. The second kappa shape index (κ2) is 10.1. The molecule has 0 saturated carbocycles. The van der Waals surface area contributed by atoms with Gasteiger partial charge in [0.25, 0.3) is 0 Å². The number of fused-ring (bicyclic) bond motifs is 1. The molecule has 0 saturated heterocycles. The molecule has 1 atom stereocenters. The van der Waals surface area contributed by atoms with Crippen LogP contribution < -0.4 is 0 Å². The zero-order chi connectivity index (χ0) is 23.6. The molecule has 0 spiro atoms. The van der Waals surface area contributed by atoms with Gasteiger partial charge < -0.3 is 10.0 Å². The Morgan fingerprint density at radius 2 is 1.88 bits per heavy atom. The van der Waals surface area contributed by atoms with Gasteiger partial charge in [-0.15, -0.1) is 11.3 Å². The van der Waals surface area contributed by atoms with E-state index in [0.717, 1.165) is 36.7 Å². The predicted molar refractivity (Wildman–Crippen MR) is 136 cm³/mol. The van der Waals surface area contributed by atoms with Gasteiger partial charge in [-0.1, -0.05) is 60.1 Å². The molecule has 0 fully saturated rings. The average molecular weight is 505 g/mol. The van der Waals surface area contributed by atoms with E-state index in [1.54, 1.807) is 11.3 Å². The Morgan fingerprint density at radius 3 is 2.52 bits per heavy atom. The van der Waals surface area contributed by atoms with Crippen LogP contribution in [0.4, 0.5) is 0 Å². The third-order valence-electron chi connectivity index (χ3n) is 5.74. The highest BCUT2D eigenvalue weighted by molar-refractivity contribution is 7.52. The topological polar surface area (TPSA) is 71.4 Å². The van der Waals surface area contributed by atoms with Crippen LogP contribution in [0.1, 0.15) is 29.3 Å². The molecule has 33 heavy (non-hydrogen) atoms. The molecule has 0 amide bonds. The molecule has 0 aliphatic carbocycles. The van der Waals surface area contributed by atoms with E-state index in [4.69, 9.17) is 20.6 Å². The Kier molecular flexibility index (Phi) is 7.39. The maximum Gasteiger partial charge on any atom is 0.454 e. The molecule has 1 aromatic heterocycles. The van der Waals surface area contributed by atoms with Crippen LogP contribution in [-0.2, 0) is 26.8 Å². The quantitative estimate of drug-likeness (QED) is 0.371. The molecule has 1 N–H and O–H groups in total. The van der Waals surface area contributed by atoms with Crippen molar-refractivity contribution in [2.24, 2.45) is 4.76 Å². The van der Waals surface area contributed by atoms with Gasteiger partial charge in [0.15, 0.2) is 0 Å². The van der Waals surface area contributed by atoms with Crippen molar-refractivity contribution in [3.05, 3.63) is 75.6 Å². The van der Waals surface area contributed by atoms with Crippen molar-refractivity contribution < 1.29 is 18.7 Å². The number of hydrogen-bond donors (Lipinski definition) is 1. The summed E-state index contributed by atoms with van der Waals surface area (Å²) in [6, 6.07) is 15.8. The molecule has 0 radical (unpaired) electrons. The van der Waals surface area contributed by atoms with Gasteiger partial charge in [0.1, 0.15) is 5.84 Å². The molecule has 1 aliphatic rings. The normalized spacial score (nSPS) is 18.2. The van der Waals surface area contributed by atoms with E-state index in [9.17, 15) is 9.67 Å². The van der Waals surface area contributed by atoms with Crippen molar-refractivity contribution in [1.29, 1.82) is 0 Å². The highest BCUT2D eigenvalue weighted by atomic mass is 35.5. The number of benzene rings is 2. The smallest absolute Gasteiger partial charge is 0.392 e. The van der Waals surface area contributed by atoms with Crippen LogP contribution in [0.5, 0.6) is 0 Å². The van der Waals surface area contributed by atoms with E-state index in [-0.39, 0.29) is 12.6 Å². The molecule has 2 aromatic carbocycles. The summed E-state index contributed by atoms with van der Waals surface area (Å²) in [4.78, 5) is 3.11. The van der Waals surface area contributed by atoms with Crippen molar-refractivity contribution in [2.45, 2.75) is 32.5 Å². The van der Waals surface area contributed by atoms with E-state index in [1.165, 1.54) is 14.2 Å². The highest BCUT2D eigenvalue weighted by Crippen LogP contribution is 2.49. The zero-order valence-corrected chi connectivity index (χ0v) is 21.2. The predicted octanol–water partition coefficient (Wildman–Crippen LogP) is 6.52. The van der Waals surface area contributed by atoms with E-state index in [1.807, 2.05) is 42.5 Å². The summed E-state index contributed by atoms with van der Waals surface area (Å²) >= 11 is 8.36. The molecular formula is C24H26ClN2O4PS. The molecular weight excluding hydrogens is 479 g/mol. The lowest BCUT2D eigenvalue weighted by Crippen LogP contribution is -2.40. The fourth-order valence-corrected chi connectivity index (χ4v) is 6.19. The van der Waals surface area contributed by atoms with Gasteiger partial charge in [0.05, 0.1) is 18.2 Å². The van der Waals surface area contributed by atoms with Gasteiger partial charge >= 0.3 is 7.75 Å². The Balaban J connectivity index is 1.74. The molecule has 174 valence electrons. The highest BCUT2D eigenvalue weighted by Gasteiger charge is 2.30. The minimum Gasteiger partial charge on any atom is -0.392 e. The van der Waals surface area contributed by atoms with Crippen molar-refractivity contribution >= 4 is 52.2 Å². The summed E-state index contributed by atoms with van der Waals surface area (Å²) in [5.41, 5.74) is 2.93. The first-order chi connectivity index (χ1) is 15.9. The molecule has 3 aromatic rings. The molecule has 0 bridgehead atoms. The summed E-state index contributed by atoms with van der Waals surface area (Å²) in [6.07, 6.45) is 2.64. The Bertz CT molecular complexity index is 1250. The van der Waals surface area contributed by atoms with E-state index in [0.29, 0.717) is 18.8 Å². The number of aliphatic hydroxyl groups excluding tert-OH is 1. The van der Waals surface area contributed by atoms with Gasteiger partial charge in [0, 0.05) is 41.6 Å². The van der Waals surface area contributed by atoms with E-state index >= 15 is 0 Å². The van der Waals surface area contributed by atoms with Gasteiger partial charge in [-0.2, -0.15) is 4.76 Å². The van der Waals surface area contributed by atoms with E-state index < -0.39 is 7.75 Å². The number of nitrogens with zero attached hydrogens (tertiary/aromatic N) is 2. The lowest BCUT2D eigenvalue weighted by molar-refractivity contribution is 0.275. The largest absolute Gasteiger partial charge is 0.454 e. The Labute approximate surface area is 202 Å². The third-order valence-corrected chi connectivity index (χ3v) is 8.83. The monoisotopic (exact) mass is 504 g/mol. The Morgan fingerprint density at radius 1 is 1.18 bits per heavy atom. The van der Waals surface area contributed by atoms with Crippen LogP contribution in [0, 0.1) is 0 Å². The fourth-order valence-electron chi connectivity index (χ4n) is 3.92. The molecule has 9 heteroatoms. The van der Waals surface area contributed by atoms with Crippen LogP contribution in [0.3, 0.4) is 0 Å². The molecule has 1 unspecified atom stereocenters. The summed E-state index contributed by atoms with van der Waals surface area (Å²) in [5, 5.41) is 11.1. The lowest BCUT2D eigenvalue weighted by Gasteiger charge is -2.35. The van der Waals surface area contributed by atoms with Crippen LogP contribution in [0.2, 0.25) is 5.02 Å². The summed E-state index contributed by atoms with van der Waals surface area (Å²) in [6.45, 7) is 2.60. The third kappa shape index (κ3) is 5.09. The number of aliphatic hydroxyl groups is 1. The second-order valence-electron chi connectivity index (χ2n) is 7.78. The zero-order valence-electron chi connectivity index (χ0n) is 18.7. The number of thiophene rings is 1. The van der Waals surface area contributed by atoms with Crippen molar-refractivity contribution in [3.8, 4) is 0 Å². The molecule has 1 aliphatic heterocycles. The first-order valence-electron chi connectivity index (χ1n) is 10.5. The van der Waals surface area contributed by atoms with Crippen molar-refractivity contribution in [1.82, 2.24) is 4.90 Å². The van der Waals surface area contributed by atoms with E-state index in [2.05, 4.69) is 28.7 Å². The number of halogens is 1. The van der Waals surface area contributed by atoms with Gasteiger partial charge in [-0.25, -0.2) is 4.57 Å². The minimum atomic E-state index is -3.63. The molecule has 2 heterocycles. The maximum absolute atomic E-state index is 12.9. The maximum atomic E-state index is 12.9. The molecule has 6 nitrogen and oxygen atoms in total. The van der Waals surface area contributed by atoms with Gasteiger partial charge in [-0.05, 0) is 29.7 Å². The second-order valence-corrected chi connectivity index (χ2v) is 11.2.